The molecule has 5 rings (SSSR count). The first kappa shape index (κ1) is 23.3. The largest absolute Gasteiger partial charge is 0.473 e. The average Bonchev–Trinajstić information content (AvgIpc) is 3.42. The number of rotatable bonds is 9. The first-order valence-electron chi connectivity index (χ1n) is 11.5. The zero-order valence-corrected chi connectivity index (χ0v) is 19.4. The Morgan fingerprint density at radius 1 is 1.00 bits per heavy atom. The number of aliphatic imine (C=N–C) groups is 1. The number of aromatic nitrogens is 4. The lowest BCUT2D eigenvalue weighted by Crippen LogP contribution is -2.22. The lowest BCUT2D eigenvalue weighted by Gasteiger charge is -2.17. The molecule has 0 aromatic carbocycles. The van der Waals surface area contributed by atoms with E-state index in [4.69, 9.17) is 20.9 Å². The number of ether oxygens (including phenoxy) is 1. The van der Waals surface area contributed by atoms with Crippen molar-refractivity contribution in [1.82, 2.24) is 19.2 Å². The molecule has 0 aliphatic heterocycles. The molecule has 1 aliphatic rings. The van der Waals surface area contributed by atoms with Crippen molar-refractivity contribution in [2.24, 2.45) is 10.7 Å². The van der Waals surface area contributed by atoms with E-state index >= 15 is 0 Å². The Balaban J connectivity index is 1.56. The van der Waals surface area contributed by atoms with Gasteiger partial charge < -0.3 is 26.0 Å². The second-order valence-corrected chi connectivity index (χ2v) is 8.13. The molecule has 184 valence electrons. The summed E-state index contributed by atoms with van der Waals surface area (Å²) >= 11 is 0. The summed E-state index contributed by atoms with van der Waals surface area (Å²) in [7, 11) is 0. The third kappa shape index (κ3) is 4.44. The van der Waals surface area contributed by atoms with Gasteiger partial charge in [-0.05, 0) is 49.3 Å². The monoisotopic (exact) mass is 486 g/mol. The fraction of sp³-hybridized carbons (Fsp3) is 0.200. The van der Waals surface area contributed by atoms with Crippen LogP contribution in [0.1, 0.15) is 12.1 Å². The summed E-state index contributed by atoms with van der Waals surface area (Å²) in [5.41, 5.74) is 11.3. The van der Waals surface area contributed by atoms with Gasteiger partial charge in [0.1, 0.15) is 6.61 Å². The van der Waals surface area contributed by atoms with Crippen LogP contribution in [0.3, 0.4) is 0 Å². The van der Waals surface area contributed by atoms with Gasteiger partial charge in [-0.2, -0.15) is 5.10 Å². The minimum Gasteiger partial charge on any atom is -0.473 e. The molecule has 36 heavy (non-hydrogen) atoms. The Labute approximate surface area is 206 Å². The van der Waals surface area contributed by atoms with Gasteiger partial charge in [-0.1, -0.05) is 12.1 Å². The third-order valence-corrected chi connectivity index (χ3v) is 5.66. The Bertz CT molecular complexity index is 1530. The Kier molecular flexibility index (Phi) is 6.48. The van der Waals surface area contributed by atoms with Gasteiger partial charge in [0, 0.05) is 19.0 Å². The molecule has 0 saturated heterocycles. The van der Waals surface area contributed by atoms with Crippen LogP contribution in [0.5, 0.6) is 5.88 Å². The van der Waals surface area contributed by atoms with Crippen molar-refractivity contribution in [3.05, 3.63) is 78.0 Å². The van der Waals surface area contributed by atoms with Crippen LogP contribution in [0.15, 0.2) is 77.3 Å². The first-order valence-corrected chi connectivity index (χ1v) is 11.5. The molecule has 1 aliphatic carbocycles. The van der Waals surface area contributed by atoms with Crippen molar-refractivity contribution in [2.75, 3.05) is 25.1 Å². The third-order valence-electron chi connectivity index (χ3n) is 5.66. The number of aliphatic hydroxyl groups is 2. The fourth-order valence-corrected chi connectivity index (χ4v) is 3.97. The standard InChI is InChI=1S/C25H26N8O3/c26-16-14-17(27)20(29-24-22-8-2-4-10-33(22)31-25(24)36-13-12-35)15-19(16)28-23-18(6-5-11-34)30-32-9-3-1-7-21(23)32/h1-4,7-10,14-15,26,28,34-35H,5-6,11-13,27H2/b26-16?,29-20-. The van der Waals surface area contributed by atoms with Crippen molar-refractivity contribution < 1.29 is 14.9 Å². The lowest BCUT2D eigenvalue weighted by atomic mass is 10.0. The topological polar surface area (TPSA) is 159 Å². The van der Waals surface area contributed by atoms with Crippen molar-refractivity contribution in [2.45, 2.75) is 12.8 Å². The molecule has 0 saturated carbocycles. The zero-order valence-electron chi connectivity index (χ0n) is 19.4. The number of hydrogen-bond donors (Lipinski definition) is 5. The molecule has 11 heteroatoms. The Hall–Kier alpha value is -4.48. The highest BCUT2D eigenvalue weighted by Gasteiger charge is 2.21. The van der Waals surface area contributed by atoms with E-state index < -0.39 is 0 Å². The molecule has 4 aromatic heterocycles. The number of nitrogens with zero attached hydrogens (tertiary/aromatic N) is 5. The number of aliphatic hydroxyl groups excluding tert-OH is 2. The summed E-state index contributed by atoms with van der Waals surface area (Å²) in [6.45, 7) is -0.0245. The van der Waals surface area contributed by atoms with Gasteiger partial charge in [-0.15, -0.1) is 5.10 Å². The lowest BCUT2D eigenvalue weighted by molar-refractivity contribution is 0.197. The maximum Gasteiger partial charge on any atom is 0.260 e. The van der Waals surface area contributed by atoms with Crippen molar-refractivity contribution in [1.29, 1.82) is 5.41 Å². The van der Waals surface area contributed by atoms with Gasteiger partial charge in [0.2, 0.25) is 0 Å². The highest BCUT2D eigenvalue weighted by molar-refractivity contribution is 6.24. The number of nitrogens with one attached hydrogen (secondary N) is 2. The number of pyridine rings is 2. The summed E-state index contributed by atoms with van der Waals surface area (Å²) in [6.07, 6.45) is 8.03. The number of allylic oxidation sites excluding steroid dienone is 2. The molecular formula is C25H26N8O3. The molecule has 11 nitrogen and oxygen atoms in total. The predicted octanol–water partition coefficient (Wildman–Crippen LogP) is 2.22. The zero-order chi connectivity index (χ0) is 25.1. The summed E-state index contributed by atoms with van der Waals surface area (Å²) in [4.78, 5) is 4.75. The predicted molar refractivity (Wildman–Crippen MR) is 137 cm³/mol. The number of aryl methyl sites for hydroxylation is 1. The number of fused-ring (bicyclic) bond motifs is 2. The molecule has 6 N–H and O–H groups in total. The van der Waals surface area contributed by atoms with Crippen LogP contribution >= 0.6 is 0 Å². The number of hydrogen-bond acceptors (Lipinski definition) is 9. The van der Waals surface area contributed by atoms with Crippen LogP contribution in [0.25, 0.3) is 11.0 Å². The van der Waals surface area contributed by atoms with Crippen molar-refractivity contribution in [3.8, 4) is 5.88 Å². The van der Waals surface area contributed by atoms with Crippen molar-refractivity contribution >= 4 is 33.8 Å². The van der Waals surface area contributed by atoms with Crippen LogP contribution in [-0.2, 0) is 6.42 Å². The van der Waals surface area contributed by atoms with Crippen LogP contribution in [0.4, 0.5) is 11.4 Å². The highest BCUT2D eigenvalue weighted by Crippen LogP contribution is 2.33. The van der Waals surface area contributed by atoms with E-state index in [1.165, 1.54) is 0 Å². The quantitative estimate of drug-likeness (QED) is 0.227. The molecule has 0 unspecified atom stereocenters. The highest BCUT2D eigenvalue weighted by atomic mass is 16.5. The molecule has 0 fully saturated rings. The molecule has 0 amide bonds. The van der Waals surface area contributed by atoms with E-state index in [-0.39, 0.29) is 31.4 Å². The smallest absolute Gasteiger partial charge is 0.260 e. The van der Waals surface area contributed by atoms with Crippen LogP contribution in [0.2, 0.25) is 0 Å². The molecule has 0 atom stereocenters. The van der Waals surface area contributed by atoms with Gasteiger partial charge in [0.05, 0.1) is 51.8 Å². The maximum absolute atomic E-state index is 9.33. The SMILES string of the molecule is N=C1C=C(N)/C(=N\c2c(OCCO)nn3ccccc23)C=C1Nc1c(CCCO)nn2ccccc12. The fourth-order valence-electron chi connectivity index (χ4n) is 3.97. The van der Waals surface area contributed by atoms with Gasteiger partial charge >= 0.3 is 0 Å². The van der Waals surface area contributed by atoms with E-state index in [2.05, 4.69) is 15.5 Å². The average molecular weight is 487 g/mol. The van der Waals surface area contributed by atoms with E-state index in [9.17, 15) is 10.2 Å². The van der Waals surface area contributed by atoms with Crippen LogP contribution in [0, 0.1) is 5.41 Å². The second-order valence-electron chi connectivity index (χ2n) is 8.13. The Morgan fingerprint density at radius 2 is 1.75 bits per heavy atom. The van der Waals surface area contributed by atoms with Gasteiger partial charge in [0.15, 0.2) is 5.69 Å². The summed E-state index contributed by atoms with van der Waals surface area (Å²) in [5.74, 6) is 0.271. The van der Waals surface area contributed by atoms with Gasteiger partial charge in [-0.25, -0.2) is 14.0 Å². The normalized spacial score (nSPS) is 14.9. The van der Waals surface area contributed by atoms with Crippen molar-refractivity contribution in [3.63, 3.8) is 0 Å². The summed E-state index contributed by atoms with van der Waals surface area (Å²) in [6, 6.07) is 11.3. The molecule has 0 radical (unpaired) electrons. The number of nitrogens with two attached hydrogens (primary N) is 1. The van der Waals surface area contributed by atoms with E-state index in [1.807, 2.05) is 42.6 Å². The minimum atomic E-state index is -0.157. The molecule has 4 heterocycles. The molecule has 0 bridgehead atoms. The maximum atomic E-state index is 9.33. The van der Waals surface area contributed by atoms with E-state index in [0.29, 0.717) is 41.2 Å². The number of anilines is 1. The first-order chi connectivity index (χ1) is 17.6. The molecular weight excluding hydrogens is 460 g/mol. The van der Waals surface area contributed by atoms with Crippen LogP contribution in [-0.4, -0.2) is 60.7 Å². The van der Waals surface area contributed by atoms with Gasteiger partial charge in [0.25, 0.3) is 5.88 Å². The molecule has 0 spiro atoms. The summed E-state index contributed by atoms with van der Waals surface area (Å²) in [5, 5.41) is 39.5. The van der Waals surface area contributed by atoms with Gasteiger partial charge in [-0.3, -0.25) is 5.41 Å². The molecule has 4 aromatic rings. The summed E-state index contributed by atoms with van der Waals surface area (Å²) < 4.78 is 9.04. The van der Waals surface area contributed by atoms with Crippen LogP contribution < -0.4 is 15.8 Å². The second kappa shape index (κ2) is 10.0. The minimum absolute atomic E-state index is 0.0578. The Morgan fingerprint density at radius 3 is 2.50 bits per heavy atom. The van der Waals surface area contributed by atoms with E-state index in [1.54, 1.807) is 27.4 Å². The van der Waals surface area contributed by atoms with E-state index in [0.717, 1.165) is 16.9 Å².